The molecule has 0 saturated heterocycles. The molecule has 0 amide bonds. The van der Waals surface area contributed by atoms with Crippen molar-refractivity contribution in [3.8, 4) is 0 Å². The van der Waals surface area contributed by atoms with Crippen molar-refractivity contribution in [2.45, 2.75) is 26.5 Å². The molecule has 3 heteroatoms. The van der Waals surface area contributed by atoms with Gasteiger partial charge < -0.3 is 10.5 Å². The SMILES string of the molecule is CCCOCc1ccc(F)cc1CN. The first-order chi connectivity index (χ1) is 6.77. The molecule has 0 fully saturated rings. The summed E-state index contributed by atoms with van der Waals surface area (Å²) in [7, 11) is 0. The number of hydrogen-bond acceptors (Lipinski definition) is 2. The number of rotatable bonds is 5. The Morgan fingerprint density at radius 3 is 2.79 bits per heavy atom. The van der Waals surface area contributed by atoms with Crippen LogP contribution in [-0.2, 0) is 17.9 Å². The summed E-state index contributed by atoms with van der Waals surface area (Å²) < 4.78 is 18.2. The Morgan fingerprint density at radius 2 is 2.14 bits per heavy atom. The zero-order valence-corrected chi connectivity index (χ0v) is 8.42. The van der Waals surface area contributed by atoms with Crippen LogP contribution in [0.25, 0.3) is 0 Å². The van der Waals surface area contributed by atoms with Crippen LogP contribution >= 0.6 is 0 Å². The van der Waals surface area contributed by atoms with E-state index in [4.69, 9.17) is 10.5 Å². The second-order valence-electron chi connectivity index (χ2n) is 3.17. The second kappa shape index (κ2) is 5.73. The Kier molecular flexibility index (Phi) is 4.56. The summed E-state index contributed by atoms with van der Waals surface area (Å²) in [5.41, 5.74) is 7.30. The van der Waals surface area contributed by atoms with E-state index in [1.165, 1.54) is 12.1 Å². The van der Waals surface area contributed by atoms with Crippen LogP contribution in [0.3, 0.4) is 0 Å². The van der Waals surface area contributed by atoms with Crippen molar-refractivity contribution in [1.82, 2.24) is 0 Å². The number of hydrogen-bond donors (Lipinski definition) is 1. The average Bonchev–Trinajstić information content (AvgIpc) is 2.20. The van der Waals surface area contributed by atoms with E-state index >= 15 is 0 Å². The number of halogens is 1. The second-order valence-corrected chi connectivity index (χ2v) is 3.17. The Bertz CT molecular complexity index is 289. The van der Waals surface area contributed by atoms with Crippen LogP contribution in [0.1, 0.15) is 24.5 Å². The van der Waals surface area contributed by atoms with Crippen molar-refractivity contribution < 1.29 is 9.13 Å². The molecule has 0 heterocycles. The summed E-state index contributed by atoms with van der Waals surface area (Å²) in [6, 6.07) is 4.63. The van der Waals surface area contributed by atoms with Crippen molar-refractivity contribution in [1.29, 1.82) is 0 Å². The van der Waals surface area contributed by atoms with Crippen molar-refractivity contribution in [3.05, 3.63) is 35.1 Å². The lowest BCUT2D eigenvalue weighted by atomic mass is 10.1. The maximum Gasteiger partial charge on any atom is 0.123 e. The van der Waals surface area contributed by atoms with Gasteiger partial charge in [-0.2, -0.15) is 0 Å². The van der Waals surface area contributed by atoms with E-state index in [0.29, 0.717) is 13.2 Å². The molecule has 0 aliphatic heterocycles. The highest BCUT2D eigenvalue weighted by atomic mass is 19.1. The zero-order valence-electron chi connectivity index (χ0n) is 8.42. The smallest absolute Gasteiger partial charge is 0.123 e. The minimum absolute atomic E-state index is 0.246. The summed E-state index contributed by atoms with van der Waals surface area (Å²) in [4.78, 5) is 0. The van der Waals surface area contributed by atoms with Gasteiger partial charge in [0.1, 0.15) is 5.82 Å². The largest absolute Gasteiger partial charge is 0.377 e. The van der Waals surface area contributed by atoms with Crippen LogP contribution in [0.15, 0.2) is 18.2 Å². The van der Waals surface area contributed by atoms with Crippen LogP contribution in [0.4, 0.5) is 4.39 Å². The monoisotopic (exact) mass is 197 g/mol. The molecule has 0 aliphatic rings. The first-order valence-corrected chi connectivity index (χ1v) is 4.83. The summed E-state index contributed by atoms with van der Waals surface area (Å²) in [6.45, 7) is 3.64. The van der Waals surface area contributed by atoms with Gasteiger partial charge in [0.25, 0.3) is 0 Å². The topological polar surface area (TPSA) is 35.2 Å². The van der Waals surface area contributed by atoms with Crippen LogP contribution in [0, 0.1) is 5.82 Å². The van der Waals surface area contributed by atoms with Gasteiger partial charge in [0.2, 0.25) is 0 Å². The highest BCUT2D eigenvalue weighted by Gasteiger charge is 2.02. The van der Waals surface area contributed by atoms with Crippen molar-refractivity contribution in [2.24, 2.45) is 5.73 Å². The molecule has 1 rings (SSSR count). The molecule has 0 radical (unpaired) electrons. The lowest BCUT2D eigenvalue weighted by molar-refractivity contribution is 0.121. The third kappa shape index (κ3) is 3.09. The molecule has 2 nitrogen and oxygen atoms in total. The Balaban J connectivity index is 2.65. The highest BCUT2D eigenvalue weighted by molar-refractivity contribution is 5.27. The van der Waals surface area contributed by atoms with E-state index in [1.54, 1.807) is 6.07 Å². The first kappa shape index (κ1) is 11.1. The fourth-order valence-corrected chi connectivity index (χ4v) is 1.25. The summed E-state index contributed by atoms with van der Waals surface area (Å²) in [5.74, 6) is -0.246. The van der Waals surface area contributed by atoms with E-state index in [2.05, 4.69) is 6.92 Å². The Morgan fingerprint density at radius 1 is 1.36 bits per heavy atom. The molecule has 78 valence electrons. The lowest BCUT2D eigenvalue weighted by Crippen LogP contribution is -2.04. The van der Waals surface area contributed by atoms with Gasteiger partial charge in [0.15, 0.2) is 0 Å². The minimum Gasteiger partial charge on any atom is -0.377 e. The van der Waals surface area contributed by atoms with Gasteiger partial charge in [-0.25, -0.2) is 4.39 Å². The van der Waals surface area contributed by atoms with Crippen LogP contribution in [0.2, 0.25) is 0 Å². The Labute approximate surface area is 83.9 Å². The third-order valence-electron chi connectivity index (χ3n) is 1.99. The van der Waals surface area contributed by atoms with Gasteiger partial charge >= 0.3 is 0 Å². The molecule has 2 N–H and O–H groups in total. The molecule has 14 heavy (non-hydrogen) atoms. The van der Waals surface area contributed by atoms with E-state index in [9.17, 15) is 4.39 Å². The lowest BCUT2D eigenvalue weighted by Gasteiger charge is -2.08. The molecule has 0 aromatic heterocycles. The normalized spacial score (nSPS) is 10.5. The molecule has 0 aliphatic carbocycles. The molecule has 0 unspecified atom stereocenters. The van der Waals surface area contributed by atoms with E-state index in [-0.39, 0.29) is 5.82 Å². The van der Waals surface area contributed by atoms with E-state index < -0.39 is 0 Å². The summed E-state index contributed by atoms with van der Waals surface area (Å²) >= 11 is 0. The standard InChI is InChI=1S/C11H16FNO/c1-2-5-14-8-9-3-4-11(12)6-10(9)7-13/h3-4,6H,2,5,7-8,13H2,1H3. The quantitative estimate of drug-likeness (QED) is 0.734. The van der Waals surface area contributed by atoms with Gasteiger partial charge in [-0.3, -0.25) is 0 Å². The first-order valence-electron chi connectivity index (χ1n) is 4.83. The molecule has 0 saturated carbocycles. The molecule has 1 aromatic rings. The molecule has 0 spiro atoms. The van der Waals surface area contributed by atoms with Gasteiger partial charge in [0, 0.05) is 13.2 Å². The predicted octanol–water partition coefficient (Wildman–Crippen LogP) is 2.21. The number of ether oxygens (including phenoxy) is 1. The van der Waals surface area contributed by atoms with Crippen LogP contribution in [-0.4, -0.2) is 6.61 Å². The van der Waals surface area contributed by atoms with Gasteiger partial charge in [-0.15, -0.1) is 0 Å². The predicted molar refractivity (Wildman–Crippen MR) is 54.2 cm³/mol. The van der Waals surface area contributed by atoms with Crippen LogP contribution in [0.5, 0.6) is 0 Å². The summed E-state index contributed by atoms with van der Waals surface area (Å²) in [5, 5.41) is 0. The van der Waals surface area contributed by atoms with E-state index in [0.717, 1.165) is 24.2 Å². The maximum absolute atomic E-state index is 12.8. The molecule has 0 atom stereocenters. The fraction of sp³-hybridized carbons (Fsp3) is 0.455. The van der Waals surface area contributed by atoms with Gasteiger partial charge in [-0.05, 0) is 29.7 Å². The molecule has 0 bridgehead atoms. The molecular formula is C11H16FNO. The summed E-state index contributed by atoms with van der Waals surface area (Å²) in [6.07, 6.45) is 0.985. The number of nitrogens with two attached hydrogens (primary N) is 1. The van der Waals surface area contributed by atoms with Crippen LogP contribution < -0.4 is 5.73 Å². The van der Waals surface area contributed by atoms with E-state index in [1.807, 2.05) is 0 Å². The zero-order chi connectivity index (χ0) is 10.4. The third-order valence-corrected chi connectivity index (χ3v) is 1.99. The maximum atomic E-state index is 12.8. The minimum atomic E-state index is -0.246. The molecule has 1 aromatic carbocycles. The average molecular weight is 197 g/mol. The van der Waals surface area contributed by atoms with Crippen molar-refractivity contribution in [3.63, 3.8) is 0 Å². The van der Waals surface area contributed by atoms with Crippen molar-refractivity contribution >= 4 is 0 Å². The Hall–Kier alpha value is -0.930. The van der Waals surface area contributed by atoms with Gasteiger partial charge in [0.05, 0.1) is 6.61 Å². The number of benzene rings is 1. The fourth-order valence-electron chi connectivity index (χ4n) is 1.25. The molecular weight excluding hydrogens is 181 g/mol. The van der Waals surface area contributed by atoms with Crippen molar-refractivity contribution in [2.75, 3.05) is 6.61 Å². The van der Waals surface area contributed by atoms with Gasteiger partial charge in [-0.1, -0.05) is 13.0 Å². The highest BCUT2D eigenvalue weighted by Crippen LogP contribution is 2.12.